The molecule has 1 aromatic carbocycles. The number of nitrogens with one attached hydrogen (secondary N) is 2. The topological polar surface area (TPSA) is 106 Å². The molecule has 0 aliphatic heterocycles. The fourth-order valence-corrected chi connectivity index (χ4v) is 3.41. The maximum Gasteiger partial charge on any atom is 0.408 e. The first-order valence-corrected chi connectivity index (χ1v) is 11.3. The van der Waals surface area contributed by atoms with E-state index in [1.807, 2.05) is 45.9 Å². The van der Waals surface area contributed by atoms with Crippen LogP contribution < -0.4 is 10.6 Å². The van der Waals surface area contributed by atoms with Gasteiger partial charge in [0.25, 0.3) is 5.22 Å². The smallest absolute Gasteiger partial charge is 0.408 e. The number of rotatable bonds is 8. The molecule has 0 fully saturated rings. The highest BCUT2D eigenvalue weighted by Crippen LogP contribution is 2.27. The van der Waals surface area contributed by atoms with Crippen molar-refractivity contribution in [3.8, 4) is 0 Å². The summed E-state index contributed by atoms with van der Waals surface area (Å²) >= 11 is 1.15. The molecule has 2 N–H and O–H groups in total. The molecule has 0 aliphatic rings. The van der Waals surface area contributed by atoms with Gasteiger partial charge in [0.05, 0.1) is 5.75 Å². The van der Waals surface area contributed by atoms with Crippen molar-refractivity contribution < 1.29 is 18.7 Å². The van der Waals surface area contributed by atoms with Crippen LogP contribution in [0.3, 0.4) is 0 Å². The van der Waals surface area contributed by atoms with Crippen molar-refractivity contribution in [2.24, 2.45) is 5.92 Å². The lowest BCUT2D eigenvalue weighted by molar-refractivity contribution is -0.113. The van der Waals surface area contributed by atoms with E-state index in [0.29, 0.717) is 0 Å². The number of anilines is 1. The van der Waals surface area contributed by atoms with Gasteiger partial charge in [-0.3, -0.25) is 4.79 Å². The van der Waals surface area contributed by atoms with E-state index in [-0.39, 0.29) is 28.7 Å². The van der Waals surface area contributed by atoms with Crippen LogP contribution in [0.25, 0.3) is 0 Å². The Morgan fingerprint density at radius 1 is 1.19 bits per heavy atom. The third-order valence-corrected chi connectivity index (χ3v) is 5.46. The number of benzene rings is 1. The summed E-state index contributed by atoms with van der Waals surface area (Å²) in [5.41, 5.74) is 2.21. The van der Waals surface area contributed by atoms with E-state index < -0.39 is 17.7 Å². The molecule has 1 heterocycles. The summed E-state index contributed by atoms with van der Waals surface area (Å²) in [7, 11) is 0. The van der Waals surface area contributed by atoms with Crippen LogP contribution >= 0.6 is 11.8 Å². The molecule has 2 rings (SSSR count). The third kappa shape index (κ3) is 7.57. The summed E-state index contributed by atoms with van der Waals surface area (Å²) in [6, 6.07) is 5.37. The highest BCUT2D eigenvalue weighted by Gasteiger charge is 2.28. The van der Waals surface area contributed by atoms with Crippen LogP contribution in [-0.4, -0.2) is 33.6 Å². The van der Waals surface area contributed by atoms with Gasteiger partial charge in [0.2, 0.25) is 11.8 Å². The van der Waals surface area contributed by atoms with E-state index in [0.717, 1.165) is 35.0 Å². The van der Waals surface area contributed by atoms with Gasteiger partial charge in [0, 0.05) is 5.69 Å². The zero-order valence-corrected chi connectivity index (χ0v) is 20.1. The number of alkyl carbamates (subject to hydrolysis) is 1. The Hall–Kier alpha value is -2.55. The van der Waals surface area contributed by atoms with E-state index >= 15 is 0 Å². The van der Waals surface area contributed by atoms with Gasteiger partial charge in [-0.15, -0.1) is 10.2 Å². The number of nitrogens with zero attached hydrogens (tertiary/aromatic N) is 2. The maximum atomic E-state index is 12.4. The second-order valence-corrected chi connectivity index (χ2v) is 9.45. The highest BCUT2D eigenvalue weighted by atomic mass is 32.2. The van der Waals surface area contributed by atoms with Crippen molar-refractivity contribution in [3.05, 3.63) is 35.2 Å². The summed E-state index contributed by atoms with van der Waals surface area (Å²) in [5.74, 6) is 0.312. The first-order valence-electron chi connectivity index (χ1n) is 10.3. The highest BCUT2D eigenvalue weighted by molar-refractivity contribution is 7.99. The van der Waals surface area contributed by atoms with Crippen molar-refractivity contribution in [1.82, 2.24) is 15.5 Å². The Morgan fingerprint density at radius 2 is 1.84 bits per heavy atom. The summed E-state index contributed by atoms with van der Waals surface area (Å²) < 4.78 is 11.1. The van der Waals surface area contributed by atoms with Gasteiger partial charge in [0.15, 0.2) is 0 Å². The number of hydrogen-bond acceptors (Lipinski definition) is 7. The van der Waals surface area contributed by atoms with Gasteiger partial charge in [-0.05, 0) is 51.7 Å². The lowest BCUT2D eigenvalue weighted by Gasteiger charge is -2.24. The van der Waals surface area contributed by atoms with Gasteiger partial charge < -0.3 is 19.8 Å². The van der Waals surface area contributed by atoms with Gasteiger partial charge in [-0.2, -0.15) is 0 Å². The van der Waals surface area contributed by atoms with Crippen LogP contribution in [-0.2, 0) is 9.53 Å². The van der Waals surface area contributed by atoms with E-state index in [1.165, 1.54) is 0 Å². The molecule has 2 atom stereocenters. The zero-order valence-electron chi connectivity index (χ0n) is 19.2. The zero-order chi connectivity index (χ0) is 23.2. The summed E-state index contributed by atoms with van der Waals surface area (Å²) in [5, 5.41) is 14.1. The molecule has 2 aromatic rings. The second-order valence-electron chi connectivity index (χ2n) is 8.52. The molecule has 31 heavy (non-hydrogen) atoms. The van der Waals surface area contributed by atoms with Crippen molar-refractivity contribution in [2.45, 2.75) is 71.8 Å². The minimum Gasteiger partial charge on any atom is -0.444 e. The predicted octanol–water partition coefficient (Wildman–Crippen LogP) is 5.03. The van der Waals surface area contributed by atoms with Gasteiger partial charge >= 0.3 is 6.09 Å². The molecule has 170 valence electrons. The fourth-order valence-electron chi connectivity index (χ4n) is 2.84. The second kappa shape index (κ2) is 10.7. The third-order valence-electron chi connectivity index (χ3n) is 4.65. The molecule has 8 nitrogen and oxygen atoms in total. The van der Waals surface area contributed by atoms with Gasteiger partial charge in [-0.1, -0.05) is 50.2 Å². The normalized spacial score (nSPS) is 13.4. The van der Waals surface area contributed by atoms with Crippen molar-refractivity contribution in [3.63, 3.8) is 0 Å². The summed E-state index contributed by atoms with van der Waals surface area (Å²) in [6.45, 7) is 13.3. The number of para-hydroxylation sites is 1. The van der Waals surface area contributed by atoms with Crippen LogP contribution in [0.15, 0.2) is 27.8 Å². The Kier molecular flexibility index (Phi) is 8.50. The first kappa shape index (κ1) is 24.7. The standard InChI is InChI=1S/C22H32N4O4S/c1-8-13(2)18(24-20(28)30-22(5,6)7)19-25-26-21(29-19)31-12-16(27)23-17-14(3)10-9-11-15(17)4/h9-11,13,18H,8,12H2,1-7H3,(H,23,27)(H,24,28). The fraction of sp³-hybridized carbons (Fsp3) is 0.545. The number of thioether (sulfide) groups is 1. The molecule has 2 unspecified atom stereocenters. The lowest BCUT2D eigenvalue weighted by Crippen LogP contribution is -2.37. The Bertz CT molecular complexity index is 887. The van der Waals surface area contributed by atoms with Crippen LogP contribution in [0.4, 0.5) is 10.5 Å². The maximum absolute atomic E-state index is 12.4. The molecule has 0 radical (unpaired) electrons. The Labute approximate surface area is 187 Å². The van der Waals surface area contributed by atoms with Crippen LogP contribution in [0.2, 0.25) is 0 Å². The number of aromatic nitrogens is 2. The van der Waals surface area contributed by atoms with Gasteiger partial charge in [-0.25, -0.2) is 4.79 Å². The lowest BCUT2D eigenvalue weighted by atomic mass is 9.99. The molecule has 0 spiro atoms. The van der Waals surface area contributed by atoms with Gasteiger partial charge in [0.1, 0.15) is 11.6 Å². The number of hydrogen-bond donors (Lipinski definition) is 2. The van der Waals surface area contributed by atoms with E-state index in [2.05, 4.69) is 20.8 Å². The Balaban J connectivity index is 2.01. The van der Waals surface area contributed by atoms with E-state index in [1.54, 1.807) is 20.8 Å². The molecular weight excluding hydrogens is 416 g/mol. The van der Waals surface area contributed by atoms with E-state index in [4.69, 9.17) is 9.15 Å². The average Bonchev–Trinajstić information content (AvgIpc) is 3.14. The number of carbonyl (C=O) groups is 2. The predicted molar refractivity (Wildman–Crippen MR) is 121 cm³/mol. The number of amides is 2. The molecule has 9 heteroatoms. The van der Waals surface area contributed by atoms with Crippen molar-refractivity contribution in [1.29, 1.82) is 0 Å². The minimum absolute atomic E-state index is 0.0538. The number of aryl methyl sites for hydroxylation is 2. The van der Waals surface area contributed by atoms with Crippen molar-refractivity contribution in [2.75, 3.05) is 11.1 Å². The SMILES string of the molecule is CCC(C)C(NC(=O)OC(C)(C)C)c1nnc(SCC(=O)Nc2c(C)cccc2C)o1. The van der Waals surface area contributed by atoms with E-state index in [9.17, 15) is 9.59 Å². The van der Waals surface area contributed by atoms with Crippen molar-refractivity contribution >= 4 is 29.4 Å². The first-order chi connectivity index (χ1) is 14.5. The Morgan fingerprint density at radius 3 is 2.42 bits per heavy atom. The minimum atomic E-state index is -0.608. The molecule has 1 aromatic heterocycles. The summed E-state index contributed by atoms with van der Waals surface area (Å²) in [6.07, 6.45) is 0.252. The van der Waals surface area contributed by atoms with Crippen LogP contribution in [0, 0.1) is 19.8 Å². The monoisotopic (exact) mass is 448 g/mol. The number of ether oxygens (including phenoxy) is 1. The molecule has 0 saturated heterocycles. The largest absolute Gasteiger partial charge is 0.444 e. The van der Waals surface area contributed by atoms with Crippen LogP contribution in [0.5, 0.6) is 0 Å². The molecule has 0 bridgehead atoms. The van der Waals surface area contributed by atoms with Crippen LogP contribution in [0.1, 0.15) is 64.1 Å². The summed E-state index contributed by atoms with van der Waals surface area (Å²) in [4.78, 5) is 24.6. The molecule has 0 saturated carbocycles. The average molecular weight is 449 g/mol. The molecule has 0 aliphatic carbocycles. The quantitative estimate of drug-likeness (QED) is 0.546. The molecular formula is C22H32N4O4S. The molecule has 2 amide bonds. The number of carbonyl (C=O) groups excluding carboxylic acids is 2.